The number of rotatable bonds is 5. The third-order valence-electron chi connectivity index (χ3n) is 24.0. The predicted molar refractivity (Wildman–Crippen MR) is 497 cm³/mol. The van der Waals surface area contributed by atoms with Crippen molar-refractivity contribution >= 4 is 60.3 Å². The normalized spacial score (nSPS) is 11.9. The van der Waals surface area contributed by atoms with Crippen molar-refractivity contribution in [1.82, 2.24) is 28.5 Å². The first-order valence-corrected chi connectivity index (χ1v) is 42.4. The average Bonchev–Trinajstić information content (AvgIpc) is 1.54. The molecule has 27 rings (SSSR count). The predicted octanol–water partition coefficient (Wildman–Crippen LogP) is 22.7. The molecule has 0 saturated carbocycles. The molecule has 599 valence electrons. The molecule has 0 N–H and O–H groups in total. The number of nitrogens with zero attached hydrogens (tertiary/aromatic N) is 11. The fraction of sp³-hybridized carbons (Fsp3) is 0.0619. The molecule has 14 aromatic carbocycles. The van der Waals surface area contributed by atoms with Crippen molar-refractivity contribution in [3.8, 4) is 90.4 Å². The van der Waals surface area contributed by atoms with Crippen LogP contribution in [0, 0.1) is 26.0 Å². The Kier molecular flexibility index (Phi) is 21.7. The van der Waals surface area contributed by atoms with Crippen molar-refractivity contribution in [2.45, 2.75) is 46.6 Å². The molecule has 12 heteroatoms. The van der Waals surface area contributed by atoms with Crippen LogP contribution in [0.15, 0.2) is 425 Å². The Balaban J connectivity index is 0.0000000928. The zero-order valence-corrected chi connectivity index (χ0v) is 71.6. The van der Waals surface area contributed by atoms with Gasteiger partial charge in [0.1, 0.15) is 55.5 Å². The zero-order chi connectivity index (χ0) is 82.8. The van der Waals surface area contributed by atoms with Crippen molar-refractivity contribution in [2.75, 3.05) is 0 Å². The van der Waals surface area contributed by atoms with Crippen LogP contribution in [0.4, 0.5) is 0 Å². The van der Waals surface area contributed by atoms with E-state index in [1.165, 1.54) is 156 Å². The Bertz CT molecular complexity index is 7630. The number of para-hydroxylation sites is 8. The molecule has 5 aliphatic rings. The molecule has 22 aromatic rings. The van der Waals surface area contributed by atoms with Crippen LogP contribution in [0.1, 0.15) is 39.1 Å². The molecule has 0 bridgehead atoms. The minimum absolute atomic E-state index is 0. The Morgan fingerprint density at radius 2 is 0.872 bits per heavy atom. The number of aromatic nitrogens is 11. The molecule has 0 spiro atoms. The molecule has 0 fully saturated rings. The van der Waals surface area contributed by atoms with Gasteiger partial charge in [0.25, 0.3) is 17.3 Å². The van der Waals surface area contributed by atoms with E-state index in [-0.39, 0.29) is 20.1 Å². The third kappa shape index (κ3) is 15.0. The molecular weight excluding hydrogens is 1700 g/mol. The molecule has 8 aromatic heterocycles. The monoisotopic (exact) mass is 1790 g/mol. The van der Waals surface area contributed by atoms with Gasteiger partial charge in [-0.25, -0.2) is 18.3 Å². The van der Waals surface area contributed by atoms with Crippen LogP contribution in [0.5, 0.6) is 0 Å². The second-order valence-electron chi connectivity index (χ2n) is 31.6. The molecule has 5 aliphatic heterocycles. The maximum atomic E-state index is 4.56. The number of fused-ring (bicyclic) bond motifs is 22. The summed E-state index contributed by atoms with van der Waals surface area (Å²) in [4.78, 5) is 13.1. The molecule has 0 atom stereocenters. The Morgan fingerprint density at radius 3 is 1.58 bits per heavy atom. The minimum Gasteiger partial charge on any atom is -0.305 e. The van der Waals surface area contributed by atoms with Crippen molar-refractivity contribution in [3.05, 3.63) is 477 Å². The number of aryl methyl sites for hydroxylation is 2. The largest absolute Gasteiger partial charge is 0.331 e. The fourth-order valence-corrected chi connectivity index (χ4v) is 18.4. The van der Waals surface area contributed by atoms with Gasteiger partial charge in [-0.05, 0) is 132 Å². The number of benzene rings is 14. The second-order valence-corrected chi connectivity index (χ2v) is 31.6. The van der Waals surface area contributed by atoms with Gasteiger partial charge < -0.3 is 9.97 Å². The number of hydrogen-bond acceptors (Lipinski definition) is 3. The van der Waals surface area contributed by atoms with Gasteiger partial charge in [-0.3, -0.25) is 0 Å². The smallest absolute Gasteiger partial charge is 0.305 e. The van der Waals surface area contributed by atoms with Crippen LogP contribution >= 0.6 is 0 Å². The Hall–Kier alpha value is -15.3. The van der Waals surface area contributed by atoms with Crippen LogP contribution < -0.4 is 22.8 Å². The summed E-state index contributed by atoms with van der Waals surface area (Å²) in [5, 5.41) is 5.44. The topological polar surface area (TPSA) is 72.3 Å². The van der Waals surface area contributed by atoms with Gasteiger partial charge in [-0.2, -0.15) is 18.1 Å². The van der Waals surface area contributed by atoms with E-state index in [0.29, 0.717) is 0 Å². The van der Waals surface area contributed by atoms with Crippen molar-refractivity contribution in [1.29, 1.82) is 0 Å². The number of imidazole rings is 3. The molecule has 11 nitrogen and oxygen atoms in total. The molecule has 13 heterocycles. The first-order chi connectivity index (χ1) is 61.4. The van der Waals surface area contributed by atoms with Crippen LogP contribution in [0.2, 0.25) is 0 Å². The van der Waals surface area contributed by atoms with E-state index in [1.807, 2.05) is 97.9 Å². The van der Waals surface area contributed by atoms with Crippen LogP contribution in [0.25, 0.3) is 151 Å². The SMILES string of the molecule is Cc1cc2ccccc2[n+]2c1-c1ccccc1C2.Cc1cc[n+]2c(n1)-c1ccccc1C2.[Ir].[c-]1ccc(-c2ccccc2)cc1-c1ccccn1.[c-]1ccccc1-c1ccccn1.c1cc2c3c(c1)c1ccccc1n1c4ccccc4[n+](c31)C2.c1ccc(-n2c3[n+](c4ccccc42)Cc2ccccc2-3)cc1.c1ccc(-n2cc[n+]3c2-c2ccccc2C3)cc1. The zero-order valence-electron chi connectivity index (χ0n) is 69.2. The van der Waals surface area contributed by atoms with E-state index in [9.17, 15) is 0 Å². The first-order valence-electron chi connectivity index (χ1n) is 42.4. The van der Waals surface area contributed by atoms with Gasteiger partial charge in [-0.15, -0.1) is 71.3 Å². The third-order valence-corrected chi connectivity index (χ3v) is 24.0. The number of pyridine rings is 4. The Labute approximate surface area is 739 Å². The maximum absolute atomic E-state index is 4.56. The van der Waals surface area contributed by atoms with Gasteiger partial charge in [-0.1, -0.05) is 237 Å². The molecule has 0 saturated heterocycles. The van der Waals surface area contributed by atoms with Gasteiger partial charge >= 0.3 is 5.82 Å². The summed E-state index contributed by atoms with van der Waals surface area (Å²) < 4.78 is 18.9. The molecule has 0 amide bonds. The summed E-state index contributed by atoms with van der Waals surface area (Å²) in [6.45, 7) is 9.09. The maximum Gasteiger partial charge on any atom is 0.331 e. The van der Waals surface area contributed by atoms with Gasteiger partial charge in [0.05, 0.1) is 33.8 Å². The van der Waals surface area contributed by atoms with Gasteiger partial charge in [0.2, 0.25) is 11.2 Å². The fourth-order valence-electron chi connectivity index (χ4n) is 18.4. The summed E-state index contributed by atoms with van der Waals surface area (Å²) in [5.41, 5.74) is 34.1. The minimum atomic E-state index is 0. The first kappa shape index (κ1) is 78.2. The van der Waals surface area contributed by atoms with E-state index in [1.54, 1.807) is 12.4 Å². The molecular formula is C113H86IrN11+3. The molecule has 1 radical (unpaired) electrons. The standard InChI is InChI=1S/C20H13N2.C20H15N2.C17H14N.C17H12N.C16H13N2.C12H11N2.C11H8N.Ir/c1-2-9-16-14(7-1)15-8-5-6-13-12-21-17-10-3-4-11-18(17)22(16)20(21)19(13)15;1-2-9-16(10-3-1)22-19-13-7-6-12-18(19)21-14-15-8-4-5-11-17(15)20(21)22;1-12-10-13-6-3-5-9-16(13)18-11-14-7-2-4-8-15(14)17(12)18;1-2-7-14(8-3-1)15-9-6-10-16(13-15)17-11-4-5-12-18-17;1-2-7-14(8-3-1)18-11-10-17-12-13-6-4-5-9-15(13)16(17)18;1-9-6-7-14-8-10-4-2-3-5-11(10)12(14)13-9;1-2-6-10(7-3-1)11-8-4-5-9-12-11;/h1-11H,12H2;1-13H,14H2;2-10H,11H2,1H3;1-9,11-13H;1-11H,12H2;2-7H,8H2,1H3;1-6,8-9H;/q3*+1;-1;2*+1;-1;. The summed E-state index contributed by atoms with van der Waals surface area (Å²) in [6, 6.07) is 144. The van der Waals surface area contributed by atoms with Crippen LogP contribution in [-0.2, 0) is 52.8 Å². The van der Waals surface area contributed by atoms with Crippen LogP contribution in [0.3, 0.4) is 0 Å². The summed E-state index contributed by atoms with van der Waals surface area (Å²) in [6.07, 6.45) is 10.00. The quantitative estimate of drug-likeness (QED) is 0.0979. The number of hydrogen-bond donors (Lipinski definition) is 0. The summed E-state index contributed by atoms with van der Waals surface area (Å²) >= 11 is 0. The second kappa shape index (κ2) is 34.7. The van der Waals surface area contributed by atoms with E-state index in [4.69, 9.17) is 0 Å². The van der Waals surface area contributed by atoms with Gasteiger partial charge in [0, 0.05) is 101 Å². The van der Waals surface area contributed by atoms with Gasteiger partial charge in [0.15, 0.2) is 34.3 Å². The summed E-state index contributed by atoms with van der Waals surface area (Å²) in [7, 11) is 0. The van der Waals surface area contributed by atoms with Crippen molar-refractivity contribution in [2.24, 2.45) is 0 Å². The average molecular weight is 1790 g/mol. The van der Waals surface area contributed by atoms with E-state index in [2.05, 4.69) is 392 Å². The molecule has 0 aliphatic carbocycles. The summed E-state index contributed by atoms with van der Waals surface area (Å²) in [5.74, 6) is 3.65. The Morgan fingerprint density at radius 1 is 0.344 bits per heavy atom. The van der Waals surface area contributed by atoms with Crippen molar-refractivity contribution < 1.29 is 42.9 Å². The molecule has 0 unspecified atom stereocenters. The van der Waals surface area contributed by atoms with Crippen molar-refractivity contribution in [3.63, 3.8) is 0 Å². The van der Waals surface area contributed by atoms with E-state index in [0.717, 1.165) is 66.8 Å². The molecule has 125 heavy (non-hydrogen) atoms. The van der Waals surface area contributed by atoms with E-state index >= 15 is 0 Å². The van der Waals surface area contributed by atoms with Crippen LogP contribution in [-0.4, -0.2) is 28.5 Å². The van der Waals surface area contributed by atoms with E-state index < -0.39 is 0 Å².